The van der Waals surface area contributed by atoms with Crippen LogP contribution in [0.5, 0.6) is 0 Å². The zero-order valence-electron chi connectivity index (χ0n) is 17.1. The van der Waals surface area contributed by atoms with Crippen molar-refractivity contribution in [3.8, 4) is 6.07 Å². The van der Waals surface area contributed by atoms with Crippen molar-refractivity contribution in [2.75, 3.05) is 0 Å². The summed E-state index contributed by atoms with van der Waals surface area (Å²) in [4.78, 5) is 28.7. The van der Waals surface area contributed by atoms with Crippen LogP contribution in [-0.4, -0.2) is 28.9 Å². The Kier molecular flexibility index (Phi) is 7.27. The summed E-state index contributed by atoms with van der Waals surface area (Å²) in [7, 11) is 0. The lowest BCUT2D eigenvalue weighted by atomic mass is 9.83. The molecule has 3 rings (SSSR count). The van der Waals surface area contributed by atoms with E-state index in [4.69, 9.17) is 23.2 Å². The first-order valence-electron chi connectivity index (χ1n) is 10.3. The van der Waals surface area contributed by atoms with Gasteiger partial charge >= 0.3 is 0 Å². The minimum absolute atomic E-state index is 0.168. The number of carbonyl (C=O) groups is 2. The third kappa shape index (κ3) is 5.08. The molecule has 0 spiro atoms. The molecule has 1 aromatic heterocycles. The first-order valence-corrected chi connectivity index (χ1v) is 11.0. The van der Waals surface area contributed by atoms with Gasteiger partial charge in [0.15, 0.2) is 0 Å². The molecule has 2 amide bonds. The van der Waals surface area contributed by atoms with Crippen LogP contribution in [-0.2, 0) is 4.79 Å². The van der Waals surface area contributed by atoms with Gasteiger partial charge in [-0.1, -0.05) is 56.0 Å². The Morgan fingerprint density at radius 1 is 1.27 bits per heavy atom. The van der Waals surface area contributed by atoms with Crippen molar-refractivity contribution in [3.05, 3.63) is 33.9 Å². The highest BCUT2D eigenvalue weighted by atomic mass is 35.5. The summed E-state index contributed by atoms with van der Waals surface area (Å²) < 4.78 is 0. The van der Waals surface area contributed by atoms with Gasteiger partial charge in [0, 0.05) is 11.4 Å². The van der Waals surface area contributed by atoms with Crippen LogP contribution in [0.2, 0.25) is 10.0 Å². The van der Waals surface area contributed by atoms with E-state index in [1.807, 2.05) is 13.8 Å². The van der Waals surface area contributed by atoms with Crippen molar-refractivity contribution in [2.45, 2.75) is 58.0 Å². The van der Waals surface area contributed by atoms with Gasteiger partial charge in [0.05, 0.1) is 27.5 Å². The van der Waals surface area contributed by atoms with Gasteiger partial charge in [-0.3, -0.25) is 9.59 Å². The standard InChI is InChI=1S/C22H26Cl2N4O2/c1-12(2)9-14(11-25)26-21(29)15-5-3-4-6-17(15)28-22(30)18-10-13-7-8-16(23)19(24)20(13)27-18/h7-8,10,12,14-15,17,27H,3-6,9H2,1-2H3,(H,26,29)(H,28,30). The van der Waals surface area contributed by atoms with E-state index in [1.165, 1.54) is 0 Å². The van der Waals surface area contributed by atoms with E-state index in [9.17, 15) is 14.9 Å². The van der Waals surface area contributed by atoms with Crippen LogP contribution in [0.4, 0.5) is 0 Å². The molecule has 160 valence electrons. The van der Waals surface area contributed by atoms with Crippen LogP contribution in [0.15, 0.2) is 18.2 Å². The molecule has 0 radical (unpaired) electrons. The van der Waals surface area contributed by atoms with Gasteiger partial charge < -0.3 is 15.6 Å². The molecule has 3 atom stereocenters. The summed E-state index contributed by atoms with van der Waals surface area (Å²) >= 11 is 12.3. The number of amides is 2. The first kappa shape index (κ1) is 22.5. The van der Waals surface area contributed by atoms with Gasteiger partial charge in [-0.25, -0.2) is 0 Å². The lowest BCUT2D eigenvalue weighted by Crippen LogP contribution is -2.50. The molecule has 0 bridgehead atoms. The topological polar surface area (TPSA) is 97.8 Å². The lowest BCUT2D eigenvalue weighted by molar-refractivity contribution is -0.127. The number of H-pyrrole nitrogens is 1. The molecule has 0 aliphatic heterocycles. The monoisotopic (exact) mass is 448 g/mol. The van der Waals surface area contributed by atoms with Crippen LogP contribution >= 0.6 is 23.2 Å². The third-order valence-electron chi connectivity index (χ3n) is 5.53. The summed E-state index contributed by atoms with van der Waals surface area (Å²) in [5.74, 6) is -0.506. The summed E-state index contributed by atoms with van der Waals surface area (Å²) in [6.07, 6.45) is 3.87. The number of rotatable bonds is 6. The zero-order valence-corrected chi connectivity index (χ0v) is 18.6. The van der Waals surface area contributed by atoms with Crippen molar-refractivity contribution < 1.29 is 9.59 Å². The van der Waals surface area contributed by atoms with Crippen LogP contribution in [0.1, 0.15) is 56.4 Å². The maximum atomic E-state index is 12.9. The number of benzene rings is 1. The second-order valence-corrected chi connectivity index (χ2v) is 9.08. The molecular weight excluding hydrogens is 423 g/mol. The molecule has 1 fully saturated rings. The van der Waals surface area contributed by atoms with E-state index < -0.39 is 6.04 Å². The number of nitriles is 1. The molecule has 2 aromatic rings. The van der Waals surface area contributed by atoms with Gasteiger partial charge in [0.25, 0.3) is 5.91 Å². The van der Waals surface area contributed by atoms with Gasteiger partial charge in [-0.05, 0) is 37.3 Å². The maximum absolute atomic E-state index is 12.9. The molecule has 30 heavy (non-hydrogen) atoms. The Morgan fingerprint density at radius 3 is 2.70 bits per heavy atom. The highest BCUT2D eigenvalue weighted by molar-refractivity contribution is 6.45. The molecule has 1 saturated carbocycles. The van der Waals surface area contributed by atoms with Gasteiger partial charge in [-0.15, -0.1) is 0 Å². The molecule has 3 unspecified atom stereocenters. The first-order chi connectivity index (χ1) is 14.3. The average Bonchev–Trinajstić information content (AvgIpc) is 3.15. The number of hydrogen-bond acceptors (Lipinski definition) is 3. The Bertz CT molecular complexity index is 979. The summed E-state index contributed by atoms with van der Waals surface area (Å²) in [6, 6.07) is 6.57. The van der Waals surface area contributed by atoms with Crippen molar-refractivity contribution in [1.82, 2.24) is 15.6 Å². The predicted octanol–water partition coefficient (Wildman–Crippen LogP) is 4.82. The van der Waals surface area contributed by atoms with E-state index in [2.05, 4.69) is 21.7 Å². The van der Waals surface area contributed by atoms with Crippen molar-refractivity contribution >= 4 is 45.9 Å². The van der Waals surface area contributed by atoms with E-state index in [1.54, 1.807) is 18.2 Å². The van der Waals surface area contributed by atoms with Crippen LogP contribution < -0.4 is 10.6 Å². The number of carbonyl (C=O) groups excluding carboxylic acids is 2. The third-order valence-corrected chi connectivity index (χ3v) is 6.33. The Balaban J connectivity index is 1.72. The van der Waals surface area contributed by atoms with Crippen molar-refractivity contribution in [3.63, 3.8) is 0 Å². The number of nitrogens with zero attached hydrogens (tertiary/aromatic N) is 1. The highest BCUT2D eigenvalue weighted by Crippen LogP contribution is 2.31. The smallest absolute Gasteiger partial charge is 0.267 e. The molecule has 8 heteroatoms. The fraction of sp³-hybridized carbons (Fsp3) is 0.500. The number of fused-ring (bicyclic) bond motifs is 1. The van der Waals surface area contributed by atoms with Crippen LogP contribution in [0.3, 0.4) is 0 Å². The number of nitrogens with one attached hydrogen (secondary N) is 3. The predicted molar refractivity (Wildman–Crippen MR) is 119 cm³/mol. The quantitative estimate of drug-likeness (QED) is 0.590. The fourth-order valence-corrected chi connectivity index (χ4v) is 4.40. The second-order valence-electron chi connectivity index (χ2n) is 8.30. The number of aromatic amines is 1. The van der Waals surface area contributed by atoms with Crippen molar-refractivity contribution in [2.24, 2.45) is 11.8 Å². The molecule has 1 heterocycles. The van der Waals surface area contributed by atoms with E-state index >= 15 is 0 Å². The second kappa shape index (κ2) is 9.72. The van der Waals surface area contributed by atoms with Crippen LogP contribution in [0.25, 0.3) is 10.9 Å². The van der Waals surface area contributed by atoms with E-state index in [0.29, 0.717) is 40.0 Å². The lowest BCUT2D eigenvalue weighted by Gasteiger charge is -2.31. The molecule has 0 saturated heterocycles. The van der Waals surface area contributed by atoms with Crippen LogP contribution in [0, 0.1) is 23.2 Å². The number of hydrogen-bond donors (Lipinski definition) is 3. The summed E-state index contributed by atoms with van der Waals surface area (Å²) in [5, 5.41) is 16.8. The van der Waals surface area contributed by atoms with Gasteiger partial charge in [0.2, 0.25) is 5.91 Å². The zero-order chi connectivity index (χ0) is 21.8. The summed E-state index contributed by atoms with van der Waals surface area (Å²) in [6.45, 7) is 4.03. The minimum Gasteiger partial charge on any atom is -0.349 e. The average molecular weight is 449 g/mol. The van der Waals surface area contributed by atoms with E-state index in [0.717, 1.165) is 24.6 Å². The minimum atomic E-state index is -0.517. The maximum Gasteiger partial charge on any atom is 0.267 e. The molecule has 6 nitrogen and oxygen atoms in total. The Morgan fingerprint density at radius 2 is 2.00 bits per heavy atom. The molecule has 1 aliphatic rings. The largest absolute Gasteiger partial charge is 0.349 e. The van der Waals surface area contributed by atoms with Gasteiger partial charge in [0.1, 0.15) is 11.7 Å². The molecular formula is C22H26Cl2N4O2. The molecule has 1 aromatic carbocycles. The Hall–Kier alpha value is -2.23. The highest BCUT2D eigenvalue weighted by Gasteiger charge is 2.33. The molecule has 3 N–H and O–H groups in total. The SMILES string of the molecule is CC(C)CC(C#N)NC(=O)C1CCCCC1NC(=O)c1cc2ccc(Cl)c(Cl)c2[nH]1. The Labute approximate surface area is 186 Å². The number of halogens is 2. The van der Waals surface area contributed by atoms with E-state index in [-0.39, 0.29) is 23.8 Å². The molecule has 1 aliphatic carbocycles. The van der Waals surface area contributed by atoms with Gasteiger partial charge in [-0.2, -0.15) is 5.26 Å². The summed E-state index contributed by atoms with van der Waals surface area (Å²) in [5.41, 5.74) is 0.978. The fourth-order valence-electron chi connectivity index (χ4n) is 4.02. The van der Waals surface area contributed by atoms with Crippen molar-refractivity contribution in [1.29, 1.82) is 5.26 Å². The number of aromatic nitrogens is 1. The normalized spacial score (nSPS) is 20.0.